The predicted octanol–water partition coefficient (Wildman–Crippen LogP) is 2.05. The summed E-state index contributed by atoms with van der Waals surface area (Å²) >= 11 is 5.76. The predicted molar refractivity (Wildman–Crippen MR) is 116 cm³/mol. The van der Waals surface area contributed by atoms with Crippen LogP contribution in [0.25, 0.3) is 0 Å². The number of morpholine rings is 1. The Morgan fingerprint density at radius 1 is 1.34 bits per heavy atom. The molecule has 1 aromatic carbocycles. The number of hydrogen-bond acceptors (Lipinski definition) is 7. The SMILES string of the molecule is CC(=O)NCC(CCl)OC(=O)CC[C@H]1CN(c2ccc(N3CCOCC3)c(F)c2)C(=O)O1. The highest BCUT2D eigenvalue weighted by atomic mass is 35.5. The van der Waals surface area contributed by atoms with E-state index in [1.54, 1.807) is 12.1 Å². The molecule has 0 spiro atoms. The molecule has 2 fully saturated rings. The third kappa shape index (κ3) is 6.46. The number of hydrogen-bond donors (Lipinski definition) is 1. The highest BCUT2D eigenvalue weighted by Gasteiger charge is 2.33. The van der Waals surface area contributed by atoms with Crippen molar-refractivity contribution in [3.8, 4) is 0 Å². The van der Waals surface area contributed by atoms with Crippen molar-refractivity contribution in [2.45, 2.75) is 32.0 Å². The number of anilines is 2. The average Bonchev–Trinajstić information content (AvgIpc) is 3.16. The molecule has 2 saturated heterocycles. The zero-order chi connectivity index (χ0) is 23.1. The number of carbonyl (C=O) groups excluding carboxylic acids is 3. The Labute approximate surface area is 190 Å². The normalized spacial score (nSPS) is 19.5. The van der Waals surface area contributed by atoms with Crippen LogP contribution in [0.4, 0.5) is 20.6 Å². The van der Waals surface area contributed by atoms with Crippen LogP contribution >= 0.6 is 11.6 Å². The monoisotopic (exact) mass is 471 g/mol. The number of benzene rings is 1. The summed E-state index contributed by atoms with van der Waals surface area (Å²) in [4.78, 5) is 38.6. The Morgan fingerprint density at radius 3 is 2.75 bits per heavy atom. The molecule has 9 nitrogen and oxygen atoms in total. The van der Waals surface area contributed by atoms with Crippen LogP contribution in [0.2, 0.25) is 0 Å². The molecule has 1 aromatic rings. The number of carbonyl (C=O) groups is 3. The standard InChI is InChI=1S/C21H27ClFN3O6/c1-14(27)24-12-17(11-22)31-20(28)5-3-16-13-26(21(29)32-16)15-2-4-19(18(23)10-15)25-6-8-30-9-7-25/h2,4,10,16-17H,3,5-9,11-13H2,1H3,(H,24,27)/t16-,17?/m0/s1. The fourth-order valence-electron chi connectivity index (χ4n) is 3.52. The number of halogens is 2. The van der Waals surface area contributed by atoms with Gasteiger partial charge in [0.25, 0.3) is 0 Å². The lowest BCUT2D eigenvalue weighted by molar-refractivity contribution is -0.148. The molecule has 2 aliphatic heterocycles. The lowest BCUT2D eigenvalue weighted by Crippen LogP contribution is -2.36. The van der Waals surface area contributed by atoms with Gasteiger partial charge in [-0.05, 0) is 24.6 Å². The molecule has 1 N–H and O–H groups in total. The Bertz CT molecular complexity index is 836. The van der Waals surface area contributed by atoms with Crippen molar-refractivity contribution in [2.24, 2.45) is 0 Å². The van der Waals surface area contributed by atoms with Crippen molar-refractivity contribution < 1.29 is 33.0 Å². The summed E-state index contributed by atoms with van der Waals surface area (Å²) in [5.41, 5.74) is 0.865. The van der Waals surface area contributed by atoms with Crippen molar-refractivity contribution in [2.75, 3.05) is 55.1 Å². The van der Waals surface area contributed by atoms with Gasteiger partial charge in [0.2, 0.25) is 5.91 Å². The summed E-state index contributed by atoms with van der Waals surface area (Å²) < 4.78 is 30.5. The largest absolute Gasteiger partial charge is 0.459 e. The topological polar surface area (TPSA) is 97.4 Å². The van der Waals surface area contributed by atoms with E-state index >= 15 is 0 Å². The van der Waals surface area contributed by atoms with Gasteiger partial charge in [0.05, 0.1) is 43.6 Å². The van der Waals surface area contributed by atoms with Crippen molar-refractivity contribution in [1.82, 2.24) is 5.32 Å². The Morgan fingerprint density at radius 2 is 2.09 bits per heavy atom. The second kappa shape index (κ2) is 11.3. The van der Waals surface area contributed by atoms with Crippen LogP contribution in [0.5, 0.6) is 0 Å². The molecule has 0 bridgehead atoms. The smallest absolute Gasteiger partial charge is 0.414 e. The summed E-state index contributed by atoms with van der Waals surface area (Å²) in [6, 6.07) is 4.64. The van der Waals surface area contributed by atoms with Crippen LogP contribution in [0, 0.1) is 5.82 Å². The first-order valence-electron chi connectivity index (χ1n) is 10.5. The number of amides is 2. The summed E-state index contributed by atoms with van der Waals surface area (Å²) in [5.74, 6) is -1.13. The number of rotatable bonds is 9. The molecule has 0 aromatic heterocycles. The number of cyclic esters (lactones) is 1. The average molecular weight is 472 g/mol. The lowest BCUT2D eigenvalue weighted by Gasteiger charge is -2.29. The summed E-state index contributed by atoms with van der Waals surface area (Å²) in [7, 11) is 0. The minimum absolute atomic E-state index is 0.0174. The number of nitrogens with zero attached hydrogens (tertiary/aromatic N) is 2. The maximum atomic E-state index is 14.7. The number of esters is 1. The molecule has 0 aliphatic carbocycles. The highest BCUT2D eigenvalue weighted by Crippen LogP contribution is 2.29. The van der Waals surface area contributed by atoms with Gasteiger partial charge in [0.1, 0.15) is 18.0 Å². The Hall–Kier alpha value is -2.59. The van der Waals surface area contributed by atoms with E-state index in [-0.39, 0.29) is 37.7 Å². The molecule has 0 radical (unpaired) electrons. The minimum atomic E-state index is -0.636. The third-order valence-electron chi connectivity index (χ3n) is 5.19. The van der Waals surface area contributed by atoms with E-state index in [0.29, 0.717) is 37.7 Å². The van der Waals surface area contributed by atoms with Gasteiger partial charge in [-0.2, -0.15) is 0 Å². The molecule has 0 saturated carbocycles. The van der Waals surface area contributed by atoms with Crippen LogP contribution < -0.4 is 15.1 Å². The van der Waals surface area contributed by atoms with E-state index in [1.807, 2.05) is 4.90 Å². The fourth-order valence-corrected chi connectivity index (χ4v) is 3.69. The Kier molecular flexibility index (Phi) is 8.52. The second-order valence-electron chi connectivity index (χ2n) is 7.59. The minimum Gasteiger partial charge on any atom is -0.459 e. The van der Waals surface area contributed by atoms with E-state index in [1.165, 1.54) is 17.9 Å². The third-order valence-corrected chi connectivity index (χ3v) is 5.53. The quantitative estimate of drug-likeness (QED) is 0.435. The first-order chi connectivity index (χ1) is 15.4. The van der Waals surface area contributed by atoms with Gasteiger partial charge in [-0.25, -0.2) is 9.18 Å². The van der Waals surface area contributed by atoms with E-state index in [2.05, 4.69) is 5.32 Å². The maximum Gasteiger partial charge on any atom is 0.414 e. The first-order valence-corrected chi connectivity index (χ1v) is 11.0. The van der Waals surface area contributed by atoms with Gasteiger partial charge < -0.3 is 24.4 Å². The molecule has 176 valence electrons. The van der Waals surface area contributed by atoms with Crippen molar-refractivity contribution in [1.29, 1.82) is 0 Å². The van der Waals surface area contributed by atoms with E-state index in [0.717, 1.165) is 0 Å². The van der Waals surface area contributed by atoms with Gasteiger partial charge >= 0.3 is 12.1 Å². The van der Waals surface area contributed by atoms with Gasteiger partial charge in [0, 0.05) is 26.4 Å². The van der Waals surface area contributed by atoms with Gasteiger partial charge in [-0.15, -0.1) is 11.6 Å². The van der Waals surface area contributed by atoms with Crippen LogP contribution in [0.1, 0.15) is 19.8 Å². The number of nitrogens with one attached hydrogen (secondary N) is 1. The summed E-state index contributed by atoms with van der Waals surface area (Å²) in [6.07, 6.45) is -1.48. The fraction of sp³-hybridized carbons (Fsp3) is 0.571. The molecular formula is C21H27ClFN3O6. The van der Waals surface area contributed by atoms with Crippen molar-refractivity contribution in [3.05, 3.63) is 24.0 Å². The zero-order valence-electron chi connectivity index (χ0n) is 17.9. The first kappa shape index (κ1) is 24.1. The molecule has 32 heavy (non-hydrogen) atoms. The van der Waals surface area contributed by atoms with Gasteiger partial charge in [-0.3, -0.25) is 14.5 Å². The molecule has 1 unspecified atom stereocenters. The molecular weight excluding hydrogens is 445 g/mol. The zero-order valence-corrected chi connectivity index (χ0v) is 18.6. The molecule has 3 rings (SSSR count). The molecule has 2 atom stereocenters. The molecule has 11 heteroatoms. The molecule has 2 amide bonds. The maximum absolute atomic E-state index is 14.7. The van der Waals surface area contributed by atoms with Crippen molar-refractivity contribution in [3.63, 3.8) is 0 Å². The number of alkyl halides is 1. The van der Waals surface area contributed by atoms with Gasteiger partial charge in [0.15, 0.2) is 0 Å². The van der Waals surface area contributed by atoms with Crippen LogP contribution in [0.3, 0.4) is 0 Å². The molecule has 2 heterocycles. The number of ether oxygens (including phenoxy) is 3. The van der Waals surface area contributed by atoms with E-state index in [9.17, 15) is 18.8 Å². The van der Waals surface area contributed by atoms with E-state index < -0.39 is 30.1 Å². The summed E-state index contributed by atoms with van der Waals surface area (Å²) in [6.45, 7) is 3.99. The van der Waals surface area contributed by atoms with Gasteiger partial charge in [-0.1, -0.05) is 0 Å². The molecule has 2 aliphatic rings. The summed E-state index contributed by atoms with van der Waals surface area (Å²) in [5, 5.41) is 2.54. The van der Waals surface area contributed by atoms with E-state index in [4.69, 9.17) is 25.8 Å². The second-order valence-corrected chi connectivity index (χ2v) is 7.90. The highest BCUT2D eigenvalue weighted by molar-refractivity contribution is 6.18. The van der Waals surface area contributed by atoms with Crippen LogP contribution in [0.15, 0.2) is 18.2 Å². The van der Waals surface area contributed by atoms with Crippen LogP contribution in [-0.4, -0.2) is 75.5 Å². The Balaban J connectivity index is 1.51. The van der Waals surface area contributed by atoms with Crippen molar-refractivity contribution >= 4 is 40.9 Å². The lowest BCUT2D eigenvalue weighted by atomic mass is 10.2. The van der Waals surface area contributed by atoms with Crippen LogP contribution in [-0.2, 0) is 23.8 Å².